The largest absolute Gasteiger partial charge is 0.482 e. The predicted octanol–water partition coefficient (Wildman–Crippen LogP) is 4.35. The van der Waals surface area contributed by atoms with Gasteiger partial charge < -0.3 is 23.5 Å². The van der Waals surface area contributed by atoms with E-state index < -0.39 is 34.6 Å². The van der Waals surface area contributed by atoms with Crippen molar-refractivity contribution in [1.29, 1.82) is 0 Å². The Morgan fingerprint density at radius 1 is 1.02 bits per heavy atom. The Hall–Kier alpha value is -4.08. The lowest BCUT2D eigenvalue weighted by molar-refractivity contribution is 0.0114. The summed E-state index contributed by atoms with van der Waals surface area (Å²) in [6, 6.07) is 9.13. The molecule has 2 unspecified atom stereocenters. The molecule has 10 nitrogen and oxygen atoms in total. The molecule has 1 aliphatic carbocycles. The Labute approximate surface area is 233 Å². The minimum Gasteiger partial charge on any atom is -0.482 e. The van der Waals surface area contributed by atoms with Crippen LogP contribution in [-0.2, 0) is 27.4 Å². The van der Waals surface area contributed by atoms with Crippen LogP contribution in [0.5, 0.6) is 5.75 Å². The van der Waals surface area contributed by atoms with Crippen molar-refractivity contribution in [3.05, 3.63) is 75.7 Å². The highest BCUT2D eigenvalue weighted by atomic mass is 16.6. The van der Waals surface area contributed by atoms with E-state index in [0.717, 1.165) is 5.56 Å². The Balaban J connectivity index is 1.83. The monoisotopic (exact) mass is 552 g/mol. The first kappa shape index (κ1) is 28.9. The number of ether oxygens (including phenoxy) is 4. The lowest BCUT2D eigenvalue weighted by atomic mass is 9.98. The number of hydrogen-bond donors (Lipinski definition) is 0. The summed E-state index contributed by atoms with van der Waals surface area (Å²) in [6.07, 6.45) is 5.36. The molecule has 1 saturated heterocycles. The number of likely N-dealkylation sites (tertiary alicyclic amines) is 1. The molecule has 0 radical (unpaired) electrons. The van der Waals surface area contributed by atoms with Crippen LogP contribution in [0.15, 0.2) is 53.5 Å². The molecule has 1 aromatic heterocycles. The summed E-state index contributed by atoms with van der Waals surface area (Å²) in [7, 11) is 0. The van der Waals surface area contributed by atoms with Crippen molar-refractivity contribution < 1.29 is 33.3 Å². The summed E-state index contributed by atoms with van der Waals surface area (Å²) >= 11 is 0. The molecule has 1 fully saturated rings. The van der Waals surface area contributed by atoms with Crippen LogP contribution in [0.4, 0.5) is 4.79 Å². The summed E-state index contributed by atoms with van der Waals surface area (Å²) in [5.41, 5.74) is -2.00. The molecule has 2 heterocycles. The lowest BCUT2D eigenvalue weighted by Crippen LogP contribution is -2.51. The second-order valence-corrected chi connectivity index (χ2v) is 10.9. The fourth-order valence-electron chi connectivity index (χ4n) is 5.11. The van der Waals surface area contributed by atoms with Crippen LogP contribution in [0, 0.1) is 5.92 Å². The van der Waals surface area contributed by atoms with Crippen LogP contribution in [0.2, 0.25) is 0 Å². The zero-order valence-corrected chi connectivity index (χ0v) is 23.6. The zero-order chi connectivity index (χ0) is 29.1. The van der Waals surface area contributed by atoms with Crippen molar-refractivity contribution in [3.63, 3.8) is 0 Å². The van der Waals surface area contributed by atoms with Gasteiger partial charge in [0, 0.05) is 12.7 Å². The molecule has 1 aliphatic heterocycles. The minimum absolute atomic E-state index is 0.0219. The van der Waals surface area contributed by atoms with E-state index in [2.05, 4.69) is 0 Å². The number of aromatic nitrogens is 1. The van der Waals surface area contributed by atoms with E-state index in [0.29, 0.717) is 13.0 Å². The van der Waals surface area contributed by atoms with E-state index in [1.54, 1.807) is 39.5 Å². The summed E-state index contributed by atoms with van der Waals surface area (Å²) in [5, 5.41) is 0. The smallest absolute Gasteiger partial charge is 0.411 e. The van der Waals surface area contributed by atoms with Gasteiger partial charge in [0.1, 0.15) is 17.8 Å². The van der Waals surface area contributed by atoms with Crippen LogP contribution in [0.25, 0.3) is 0 Å². The molecule has 0 N–H and O–H groups in total. The molecular weight excluding hydrogens is 516 g/mol. The highest BCUT2D eigenvalue weighted by molar-refractivity contribution is 5.94. The highest BCUT2D eigenvalue weighted by Gasteiger charge is 2.51. The van der Waals surface area contributed by atoms with E-state index in [4.69, 9.17) is 18.9 Å². The first-order valence-corrected chi connectivity index (χ1v) is 13.5. The fourth-order valence-corrected chi connectivity index (χ4v) is 5.11. The molecule has 4 rings (SSSR count). The SMILES string of the molecule is CCOC(=O)c1cn(CC23C=CC(CN2C(=O)OC(C)(C)C)C3)c(C(=O)OCC)c(OCc2ccccc2)c1=O. The Morgan fingerprint density at radius 2 is 1.70 bits per heavy atom. The normalized spacial score (nSPS) is 19.4. The molecule has 214 valence electrons. The zero-order valence-electron chi connectivity index (χ0n) is 23.6. The van der Waals surface area contributed by atoms with Crippen molar-refractivity contribution in [2.45, 2.75) is 65.3 Å². The predicted molar refractivity (Wildman–Crippen MR) is 146 cm³/mol. The van der Waals surface area contributed by atoms with Gasteiger partial charge in [0.2, 0.25) is 5.43 Å². The van der Waals surface area contributed by atoms with Crippen molar-refractivity contribution in [2.75, 3.05) is 19.8 Å². The van der Waals surface area contributed by atoms with Crippen LogP contribution in [0.3, 0.4) is 0 Å². The van der Waals surface area contributed by atoms with Crippen molar-refractivity contribution >= 4 is 18.0 Å². The Bertz CT molecular complexity index is 1360. The maximum absolute atomic E-state index is 13.6. The van der Waals surface area contributed by atoms with E-state index in [9.17, 15) is 19.2 Å². The number of rotatable bonds is 9. The number of pyridine rings is 1. The molecule has 2 aliphatic rings. The van der Waals surface area contributed by atoms with Gasteiger partial charge in [0.25, 0.3) is 0 Å². The first-order valence-electron chi connectivity index (χ1n) is 13.5. The molecule has 40 heavy (non-hydrogen) atoms. The van der Waals surface area contributed by atoms with Gasteiger partial charge in [-0.05, 0) is 52.5 Å². The second-order valence-electron chi connectivity index (χ2n) is 10.9. The van der Waals surface area contributed by atoms with Crippen LogP contribution in [-0.4, -0.2) is 58.4 Å². The highest BCUT2D eigenvalue weighted by Crippen LogP contribution is 2.43. The molecule has 1 amide bonds. The number of benzene rings is 1. The lowest BCUT2D eigenvalue weighted by Gasteiger charge is -2.38. The molecular formula is C30H36N2O8. The quantitative estimate of drug-likeness (QED) is 0.256. The van der Waals surface area contributed by atoms with Gasteiger partial charge in [-0.1, -0.05) is 42.5 Å². The fraction of sp³-hybridized carbons (Fsp3) is 0.467. The van der Waals surface area contributed by atoms with E-state index >= 15 is 0 Å². The molecule has 10 heteroatoms. The third-order valence-corrected chi connectivity index (χ3v) is 6.74. The molecule has 0 spiro atoms. The van der Waals surface area contributed by atoms with Gasteiger partial charge in [0.05, 0.1) is 25.3 Å². The van der Waals surface area contributed by atoms with Gasteiger partial charge in [0.15, 0.2) is 11.4 Å². The number of carbonyl (C=O) groups is 3. The summed E-state index contributed by atoms with van der Waals surface area (Å²) < 4.78 is 23.6. The van der Waals surface area contributed by atoms with Crippen LogP contribution >= 0.6 is 0 Å². The third kappa shape index (κ3) is 6.05. The molecule has 2 bridgehead atoms. The summed E-state index contributed by atoms with van der Waals surface area (Å²) in [6.45, 7) is 9.27. The maximum atomic E-state index is 13.6. The van der Waals surface area contributed by atoms with Crippen LogP contribution < -0.4 is 10.2 Å². The average molecular weight is 553 g/mol. The van der Waals surface area contributed by atoms with E-state index in [1.165, 1.54) is 10.8 Å². The average Bonchev–Trinajstić information content (AvgIpc) is 3.46. The van der Waals surface area contributed by atoms with Crippen molar-refractivity contribution in [3.8, 4) is 5.75 Å². The second kappa shape index (κ2) is 11.6. The minimum atomic E-state index is -0.855. The molecule has 0 saturated carbocycles. The number of nitrogens with zero attached hydrogens (tertiary/aromatic N) is 2. The van der Waals surface area contributed by atoms with Gasteiger partial charge in [-0.15, -0.1) is 0 Å². The third-order valence-electron chi connectivity index (χ3n) is 6.74. The summed E-state index contributed by atoms with van der Waals surface area (Å²) in [4.78, 5) is 54.6. The Kier molecular flexibility index (Phi) is 8.37. The molecule has 2 atom stereocenters. The number of amides is 1. The number of hydrogen-bond acceptors (Lipinski definition) is 8. The number of carbonyl (C=O) groups excluding carboxylic acids is 3. The number of esters is 2. The van der Waals surface area contributed by atoms with E-state index in [1.807, 2.05) is 42.5 Å². The van der Waals surface area contributed by atoms with Gasteiger partial charge in [-0.3, -0.25) is 9.69 Å². The van der Waals surface area contributed by atoms with Crippen molar-refractivity contribution in [1.82, 2.24) is 9.47 Å². The molecule has 2 aromatic rings. The topological polar surface area (TPSA) is 113 Å². The molecule has 1 aromatic carbocycles. The van der Waals surface area contributed by atoms with Crippen molar-refractivity contribution in [2.24, 2.45) is 5.92 Å². The van der Waals surface area contributed by atoms with E-state index in [-0.39, 0.29) is 49.3 Å². The first-order chi connectivity index (χ1) is 19.0. The van der Waals surface area contributed by atoms with Crippen LogP contribution in [0.1, 0.15) is 67.4 Å². The van der Waals surface area contributed by atoms with Gasteiger partial charge in [-0.25, -0.2) is 14.4 Å². The number of fused-ring (bicyclic) bond motifs is 2. The standard InChI is InChI=1S/C30H36N2O8/c1-6-37-26(34)22-17-31(19-30-14-13-21(15-30)16-32(30)28(36)40-29(3,4)5)23(27(35)38-7-2)25(24(22)33)39-18-20-11-9-8-10-12-20/h8-14,17,21H,6-7,15-16,18-19H2,1-5H3. The van der Waals surface area contributed by atoms with Gasteiger partial charge >= 0.3 is 18.0 Å². The summed E-state index contributed by atoms with van der Waals surface area (Å²) in [5.74, 6) is -1.83. The maximum Gasteiger partial charge on any atom is 0.411 e. The van der Waals surface area contributed by atoms with Gasteiger partial charge in [-0.2, -0.15) is 0 Å². The Morgan fingerprint density at radius 3 is 2.33 bits per heavy atom.